The Bertz CT molecular complexity index is 479. The van der Waals surface area contributed by atoms with E-state index in [1.807, 2.05) is 24.3 Å². The van der Waals surface area contributed by atoms with Crippen LogP contribution in [0.25, 0.3) is 0 Å². The van der Waals surface area contributed by atoms with E-state index in [0.29, 0.717) is 19.0 Å². The molecule has 2 rings (SSSR count). The molecule has 1 aromatic heterocycles. The maximum Gasteiger partial charge on any atom is 0.122 e. The van der Waals surface area contributed by atoms with Crippen molar-refractivity contribution in [1.29, 1.82) is 0 Å². The SMILES string of the molecule is COCC1=CC(c2ccccn2)CC(COC)=C1O. The molecule has 1 aromatic rings. The van der Waals surface area contributed by atoms with Crippen molar-refractivity contribution in [2.75, 3.05) is 27.4 Å². The molecule has 4 heteroatoms. The number of pyridine rings is 1. The van der Waals surface area contributed by atoms with Gasteiger partial charge >= 0.3 is 0 Å². The van der Waals surface area contributed by atoms with Gasteiger partial charge in [-0.3, -0.25) is 4.98 Å². The number of methoxy groups -OCH3 is 2. The average molecular weight is 261 g/mol. The molecule has 1 unspecified atom stereocenters. The predicted molar refractivity (Wildman–Crippen MR) is 73.1 cm³/mol. The molecular weight excluding hydrogens is 242 g/mol. The Kier molecular flexibility index (Phi) is 4.71. The molecule has 19 heavy (non-hydrogen) atoms. The van der Waals surface area contributed by atoms with Gasteiger partial charge in [-0.25, -0.2) is 0 Å². The van der Waals surface area contributed by atoms with Crippen LogP contribution >= 0.6 is 0 Å². The molecule has 1 aliphatic rings. The van der Waals surface area contributed by atoms with Crippen LogP contribution in [0.3, 0.4) is 0 Å². The minimum absolute atomic E-state index is 0.160. The molecule has 0 saturated carbocycles. The topological polar surface area (TPSA) is 51.6 Å². The minimum atomic E-state index is 0.160. The van der Waals surface area contributed by atoms with Gasteiger partial charge in [-0.05, 0) is 24.1 Å². The lowest BCUT2D eigenvalue weighted by molar-refractivity contribution is 0.205. The van der Waals surface area contributed by atoms with Gasteiger partial charge in [-0.1, -0.05) is 12.1 Å². The third-order valence-corrected chi connectivity index (χ3v) is 3.19. The number of aliphatic hydroxyl groups excluding tert-OH is 1. The molecule has 0 amide bonds. The van der Waals surface area contributed by atoms with Crippen LogP contribution in [0.4, 0.5) is 0 Å². The van der Waals surface area contributed by atoms with E-state index in [9.17, 15) is 5.11 Å². The molecule has 0 spiro atoms. The Morgan fingerprint density at radius 3 is 2.68 bits per heavy atom. The molecule has 0 bridgehead atoms. The Morgan fingerprint density at radius 2 is 2.05 bits per heavy atom. The van der Waals surface area contributed by atoms with E-state index in [2.05, 4.69) is 4.98 Å². The van der Waals surface area contributed by atoms with Gasteiger partial charge in [0, 0.05) is 37.6 Å². The molecule has 0 aromatic carbocycles. The summed E-state index contributed by atoms with van der Waals surface area (Å²) in [5, 5.41) is 10.2. The zero-order valence-corrected chi connectivity index (χ0v) is 11.3. The molecule has 1 aliphatic carbocycles. The van der Waals surface area contributed by atoms with Crippen LogP contribution < -0.4 is 0 Å². The summed E-state index contributed by atoms with van der Waals surface area (Å²) >= 11 is 0. The number of nitrogens with zero attached hydrogens (tertiary/aromatic N) is 1. The fourth-order valence-corrected chi connectivity index (χ4v) is 2.33. The molecule has 0 fully saturated rings. The first-order chi connectivity index (χ1) is 9.26. The molecule has 1 heterocycles. The van der Waals surface area contributed by atoms with Crippen molar-refractivity contribution in [3.63, 3.8) is 0 Å². The number of ether oxygens (including phenoxy) is 2. The van der Waals surface area contributed by atoms with E-state index < -0.39 is 0 Å². The van der Waals surface area contributed by atoms with E-state index >= 15 is 0 Å². The molecule has 0 saturated heterocycles. The van der Waals surface area contributed by atoms with Crippen LogP contribution in [0.1, 0.15) is 18.0 Å². The Labute approximate surface area is 113 Å². The van der Waals surface area contributed by atoms with Crippen molar-refractivity contribution < 1.29 is 14.6 Å². The first kappa shape index (κ1) is 13.8. The molecule has 1 atom stereocenters. The van der Waals surface area contributed by atoms with Gasteiger partial charge in [0.15, 0.2) is 0 Å². The summed E-state index contributed by atoms with van der Waals surface area (Å²) in [6.45, 7) is 0.818. The summed E-state index contributed by atoms with van der Waals surface area (Å²) in [6, 6.07) is 5.87. The van der Waals surface area contributed by atoms with Crippen LogP contribution in [0, 0.1) is 0 Å². The number of aliphatic hydroxyl groups is 1. The van der Waals surface area contributed by atoms with Crippen molar-refractivity contribution in [1.82, 2.24) is 4.98 Å². The van der Waals surface area contributed by atoms with E-state index in [-0.39, 0.29) is 5.92 Å². The van der Waals surface area contributed by atoms with E-state index in [1.54, 1.807) is 20.4 Å². The minimum Gasteiger partial charge on any atom is -0.508 e. The maximum atomic E-state index is 10.2. The summed E-state index contributed by atoms with van der Waals surface area (Å²) in [4.78, 5) is 4.39. The van der Waals surface area contributed by atoms with Crippen LogP contribution in [0.2, 0.25) is 0 Å². The van der Waals surface area contributed by atoms with Gasteiger partial charge in [0.1, 0.15) is 5.76 Å². The predicted octanol–water partition coefficient (Wildman–Crippen LogP) is 2.60. The largest absolute Gasteiger partial charge is 0.508 e. The van der Waals surface area contributed by atoms with Crippen molar-refractivity contribution in [3.05, 3.63) is 53.1 Å². The monoisotopic (exact) mass is 261 g/mol. The standard InChI is InChI=1S/C15H19NO3/c1-18-9-12-7-11(14-5-3-4-6-16-14)8-13(10-19-2)15(12)17/h3-7,11,17H,8-10H2,1-2H3. The second-order valence-electron chi connectivity index (χ2n) is 4.58. The zero-order chi connectivity index (χ0) is 13.7. The fraction of sp³-hybridized carbons (Fsp3) is 0.400. The molecule has 0 aliphatic heterocycles. The fourth-order valence-electron chi connectivity index (χ4n) is 2.33. The lowest BCUT2D eigenvalue weighted by Crippen LogP contribution is -2.15. The van der Waals surface area contributed by atoms with Crippen LogP contribution in [-0.2, 0) is 9.47 Å². The first-order valence-corrected chi connectivity index (χ1v) is 6.27. The van der Waals surface area contributed by atoms with Crippen LogP contribution in [0.5, 0.6) is 0 Å². The summed E-state index contributed by atoms with van der Waals surface area (Å²) in [7, 11) is 3.25. The highest BCUT2D eigenvalue weighted by atomic mass is 16.5. The Morgan fingerprint density at radius 1 is 1.26 bits per heavy atom. The Balaban J connectivity index is 2.29. The van der Waals surface area contributed by atoms with Crippen molar-refractivity contribution >= 4 is 0 Å². The lowest BCUT2D eigenvalue weighted by Gasteiger charge is -2.23. The third-order valence-electron chi connectivity index (χ3n) is 3.19. The highest BCUT2D eigenvalue weighted by molar-refractivity contribution is 5.39. The van der Waals surface area contributed by atoms with Crippen molar-refractivity contribution in [3.8, 4) is 0 Å². The van der Waals surface area contributed by atoms with Gasteiger partial charge in [-0.15, -0.1) is 0 Å². The number of hydrogen-bond acceptors (Lipinski definition) is 4. The number of allylic oxidation sites excluding steroid dienone is 1. The second kappa shape index (κ2) is 6.50. The highest BCUT2D eigenvalue weighted by Gasteiger charge is 2.23. The summed E-state index contributed by atoms with van der Waals surface area (Å²) in [5.74, 6) is 0.461. The summed E-state index contributed by atoms with van der Waals surface area (Å²) in [5.41, 5.74) is 2.70. The Hall–Kier alpha value is -1.65. The van der Waals surface area contributed by atoms with E-state index in [0.717, 1.165) is 23.3 Å². The first-order valence-electron chi connectivity index (χ1n) is 6.27. The number of rotatable bonds is 5. The molecule has 1 N–H and O–H groups in total. The zero-order valence-electron chi connectivity index (χ0n) is 11.3. The average Bonchev–Trinajstić information content (AvgIpc) is 2.44. The van der Waals surface area contributed by atoms with Crippen LogP contribution in [0.15, 0.2) is 47.4 Å². The highest BCUT2D eigenvalue weighted by Crippen LogP contribution is 2.33. The quantitative estimate of drug-likeness (QED) is 0.885. The van der Waals surface area contributed by atoms with Crippen molar-refractivity contribution in [2.24, 2.45) is 0 Å². The van der Waals surface area contributed by atoms with E-state index in [1.165, 1.54) is 0 Å². The van der Waals surface area contributed by atoms with Gasteiger partial charge < -0.3 is 14.6 Å². The van der Waals surface area contributed by atoms with E-state index in [4.69, 9.17) is 9.47 Å². The summed E-state index contributed by atoms with van der Waals surface area (Å²) in [6.07, 6.45) is 4.54. The normalized spacial score (nSPS) is 19.5. The van der Waals surface area contributed by atoms with Gasteiger partial charge in [-0.2, -0.15) is 0 Å². The molecule has 0 radical (unpaired) electrons. The second-order valence-corrected chi connectivity index (χ2v) is 4.58. The lowest BCUT2D eigenvalue weighted by atomic mass is 9.87. The maximum absolute atomic E-state index is 10.2. The van der Waals surface area contributed by atoms with Crippen molar-refractivity contribution in [2.45, 2.75) is 12.3 Å². The number of aromatic nitrogens is 1. The third kappa shape index (κ3) is 3.22. The van der Waals surface area contributed by atoms with Gasteiger partial charge in [0.2, 0.25) is 0 Å². The smallest absolute Gasteiger partial charge is 0.122 e. The molecular formula is C15H19NO3. The van der Waals surface area contributed by atoms with Gasteiger partial charge in [0.05, 0.1) is 13.2 Å². The molecule has 4 nitrogen and oxygen atoms in total. The van der Waals surface area contributed by atoms with Gasteiger partial charge in [0.25, 0.3) is 0 Å². The number of hydrogen-bond donors (Lipinski definition) is 1. The summed E-state index contributed by atoms with van der Waals surface area (Å²) < 4.78 is 10.3. The molecule has 102 valence electrons. The van der Waals surface area contributed by atoms with Crippen LogP contribution in [-0.4, -0.2) is 37.5 Å².